The number of methoxy groups -OCH3 is 2. The molecule has 1 aromatic heterocycles. The molecule has 0 unspecified atom stereocenters. The molecule has 0 amide bonds. The topological polar surface area (TPSA) is 61.7 Å². The summed E-state index contributed by atoms with van der Waals surface area (Å²) in [5.41, 5.74) is 2.48. The highest BCUT2D eigenvalue weighted by Gasteiger charge is 2.24. The molecule has 2 heterocycles. The predicted octanol–water partition coefficient (Wildman–Crippen LogP) is -1.29. The van der Waals surface area contributed by atoms with Crippen molar-refractivity contribution in [3.63, 3.8) is 0 Å². The number of H-pyrrole nitrogens is 1. The number of aromatic amines is 1. The summed E-state index contributed by atoms with van der Waals surface area (Å²) in [5.74, 6) is 1.01. The van der Waals surface area contributed by atoms with Gasteiger partial charge in [0.15, 0.2) is 23.9 Å². The van der Waals surface area contributed by atoms with E-state index in [0.717, 1.165) is 44.8 Å². The maximum absolute atomic E-state index is 10.0. The molecule has 1 aliphatic heterocycles. The highest BCUT2D eigenvalue weighted by Crippen LogP contribution is 2.36. The monoisotopic (exact) mass is 346 g/mol. The van der Waals surface area contributed by atoms with Crippen molar-refractivity contribution in [2.45, 2.75) is 13.1 Å². The number of hydrogen-bond donors (Lipinski definition) is 3. The van der Waals surface area contributed by atoms with E-state index in [9.17, 15) is 5.11 Å². The van der Waals surface area contributed by atoms with Crippen molar-refractivity contribution in [2.24, 2.45) is 0 Å². The van der Waals surface area contributed by atoms with Crippen molar-refractivity contribution < 1.29 is 29.4 Å². The molecule has 6 nitrogen and oxygen atoms in total. The van der Waals surface area contributed by atoms with Crippen LogP contribution < -0.4 is 24.3 Å². The number of quaternary nitrogens is 2. The van der Waals surface area contributed by atoms with Gasteiger partial charge in [-0.1, -0.05) is 0 Å². The minimum Gasteiger partial charge on any atom is -0.502 e. The van der Waals surface area contributed by atoms with Crippen molar-refractivity contribution in [1.82, 2.24) is 0 Å². The second-order valence-electron chi connectivity index (χ2n) is 6.61. The molecule has 0 saturated carbocycles. The zero-order chi connectivity index (χ0) is 17.6. The Hall–Kier alpha value is -2.31. The van der Waals surface area contributed by atoms with Gasteiger partial charge in [0.05, 0.1) is 19.8 Å². The summed E-state index contributed by atoms with van der Waals surface area (Å²) < 4.78 is 10.5. The van der Waals surface area contributed by atoms with Gasteiger partial charge in [-0.3, -0.25) is 0 Å². The Morgan fingerprint density at radius 3 is 2.00 bits per heavy atom. The lowest BCUT2D eigenvalue weighted by Gasteiger charge is -2.29. The Morgan fingerprint density at radius 2 is 1.52 bits per heavy atom. The smallest absolute Gasteiger partial charge is 0.200 e. The standard InChI is InChI=1S/C19H25N3O3/c1-24-17-10-16(11-18(25-2)19(17)23)14-22-8-6-21(7-9-22)13-15-4-3-5-20-12-15/h3-5,10-12,23H,6-9,13-14H2,1-2H3/p+3. The van der Waals surface area contributed by atoms with Gasteiger partial charge in [0.1, 0.15) is 39.3 Å². The van der Waals surface area contributed by atoms with Gasteiger partial charge in [0.25, 0.3) is 0 Å². The van der Waals surface area contributed by atoms with Crippen LogP contribution in [0.15, 0.2) is 36.7 Å². The molecule has 0 bridgehead atoms. The number of hydrogen-bond acceptors (Lipinski definition) is 3. The zero-order valence-corrected chi connectivity index (χ0v) is 15.0. The molecule has 0 spiro atoms. The normalized spacial score (nSPS) is 20.2. The molecule has 0 atom stereocenters. The van der Waals surface area contributed by atoms with Crippen molar-refractivity contribution in [3.8, 4) is 17.2 Å². The van der Waals surface area contributed by atoms with Crippen LogP contribution in [-0.2, 0) is 13.1 Å². The highest BCUT2D eigenvalue weighted by atomic mass is 16.5. The van der Waals surface area contributed by atoms with Gasteiger partial charge in [-0.25, -0.2) is 4.98 Å². The van der Waals surface area contributed by atoms with E-state index in [1.165, 1.54) is 5.56 Å². The summed E-state index contributed by atoms with van der Waals surface area (Å²) in [5, 5.41) is 10.0. The van der Waals surface area contributed by atoms with E-state index in [1.54, 1.807) is 24.0 Å². The molecule has 0 aliphatic carbocycles. The van der Waals surface area contributed by atoms with E-state index < -0.39 is 0 Å². The summed E-state index contributed by atoms with van der Waals surface area (Å²) in [4.78, 5) is 6.34. The molecule has 6 heteroatoms. The van der Waals surface area contributed by atoms with E-state index in [1.807, 2.05) is 18.3 Å². The molecule has 2 aromatic rings. The Balaban J connectivity index is 1.57. The molecule has 1 aliphatic rings. The van der Waals surface area contributed by atoms with Crippen LogP contribution in [0.25, 0.3) is 0 Å². The Kier molecular flexibility index (Phi) is 5.73. The van der Waals surface area contributed by atoms with Crippen LogP contribution in [0.2, 0.25) is 0 Å². The third-order valence-corrected chi connectivity index (χ3v) is 4.88. The summed E-state index contributed by atoms with van der Waals surface area (Å²) in [7, 11) is 3.13. The molecule has 25 heavy (non-hydrogen) atoms. The van der Waals surface area contributed by atoms with Gasteiger partial charge in [0.2, 0.25) is 5.75 Å². The number of aromatic hydroxyl groups is 1. The third kappa shape index (κ3) is 4.41. The van der Waals surface area contributed by atoms with Crippen LogP contribution in [0.5, 0.6) is 17.2 Å². The maximum atomic E-state index is 10.0. The van der Waals surface area contributed by atoms with E-state index in [0.29, 0.717) is 11.5 Å². The molecule has 1 saturated heterocycles. The lowest BCUT2D eigenvalue weighted by atomic mass is 10.1. The fourth-order valence-corrected chi connectivity index (χ4v) is 3.48. The summed E-state index contributed by atoms with van der Waals surface area (Å²) in [6.45, 7) is 6.59. The van der Waals surface area contributed by atoms with Gasteiger partial charge in [-0.2, -0.15) is 0 Å². The summed E-state index contributed by atoms with van der Waals surface area (Å²) in [6, 6.07) is 8.05. The molecular formula is C19H28N3O3+3. The fraction of sp³-hybridized carbons (Fsp3) is 0.421. The molecule has 4 N–H and O–H groups in total. The van der Waals surface area contributed by atoms with Crippen molar-refractivity contribution in [2.75, 3.05) is 40.4 Å². The maximum Gasteiger partial charge on any atom is 0.200 e. The van der Waals surface area contributed by atoms with Crippen molar-refractivity contribution in [1.29, 1.82) is 0 Å². The lowest BCUT2D eigenvalue weighted by Crippen LogP contribution is -3.27. The van der Waals surface area contributed by atoms with Crippen LogP contribution in [0.4, 0.5) is 0 Å². The Labute approximate surface area is 148 Å². The van der Waals surface area contributed by atoms with Gasteiger partial charge >= 0.3 is 0 Å². The van der Waals surface area contributed by atoms with Crippen molar-refractivity contribution in [3.05, 3.63) is 47.8 Å². The highest BCUT2D eigenvalue weighted by molar-refractivity contribution is 5.52. The number of nitrogens with one attached hydrogen (secondary N) is 3. The van der Waals surface area contributed by atoms with E-state index in [-0.39, 0.29) is 5.75 Å². The van der Waals surface area contributed by atoms with Crippen molar-refractivity contribution >= 4 is 0 Å². The molecule has 3 rings (SSSR count). The average molecular weight is 346 g/mol. The van der Waals surface area contributed by atoms with E-state index >= 15 is 0 Å². The van der Waals surface area contributed by atoms with Crippen LogP contribution in [0, 0.1) is 0 Å². The number of pyridine rings is 1. The van der Waals surface area contributed by atoms with Crippen LogP contribution in [0.1, 0.15) is 11.1 Å². The fourth-order valence-electron chi connectivity index (χ4n) is 3.48. The number of ether oxygens (including phenoxy) is 2. The lowest BCUT2D eigenvalue weighted by molar-refractivity contribution is -1.02. The van der Waals surface area contributed by atoms with Gasteiger partial charge in [-0.05, 0) is 18.2 Å². The Morgan fingerprint density at radius 1 is 0.960 bits per heavy atom. The average Bonchev–Trinajstić information content (AvgIpc) is 2.65. The first kappa shape index (κ1) is 17.5. The number of aromatic nitrogens is 1. The third-order valence-electron chi connectivity index (χ3n) is 4.88. The second-order valence-corrected chi connectivity index (χ2v) is 6.61. The van der Waals surface area contributed by atoms with Crippen LogP contribution >= 0.6 is 0 Å². The number of rotatable bonds is 6. The van der Waals surface area contributed by atoms with Gasteiger partial charge in [-0.15, -0.1) is 0 Å². The minimum atomic E-state index is 0.0673. The quantitative estimate of drug-likeness (QED) is 0.610. The number of phenols is 1. The van der Waals surface area contributed by atoms with Gasteiger partial charge in [0, 0.05) is 11.6 Å². The van der Waals surface area contributed by atoms with Crippen LogP contribution in [0.3, 0.4) is 0 Å². The molecular weight excluding hydrogens is 318 g/mol. The predicted molar refractivity (Wildman–Crippen MR) is 93.0 cm³/mol. The van der Waals surface area contributed by atoms with E-state index in [2.05, 4.69) is 23.3 Å². The first-order valence-corrected chi connectivity index (χ1v) is 8.75. The molecule has 1 fully saturated rings. The largest absolute Gasteiger partial charge is 0.502 e. The SMILES string of the molecule is COc1cc(C[NH+]2CC[NH+](Cc3ccc[nH+]c3)CC2)cc(OC)c1O. The number of benzene rings is 1. The zero-order valence-electron chi connectivity index (χ0n) is 15.0. The molecule has 0 radical (unpaired) electrons. The molecule has 1 aromatic carbocycles. The van der Waals surface area contributed by atoms with Crippen LogP contribution in [-0.4, -0.2) is 45.5 Å². The summed E-state index contributed by atoms with van der Waals surface area (Å²) in [6.07, 6.45) is 4.03. The minimum absolute atomic E-state index is 0.0673. The first-order valence-electron chi connectivity index (χ1n) is 8.75. The summed E-state index contributed by atoms with van der Waals surface area (Å²) >= 11 is 0. The first-order chi connectivity index (χ1) is 12.2. The number of piperazine rings is 1. The number of phenolic OH excluding ortho intramolecular Hbond substituents is 1. The van der Waals surface area contributed by atoms with E-state index in [4.69, 9.17) is 9.47 Å². The van der Waals surface area contributed by atoms with Gasteiger partial charge < -0.3 is 24.4 Å². The Bertz CT molecular complexity index is 661. The molecule has 134 valence electrons. The second kappa shape index (κ2) is 8.18.